The van der Waals surface area contributed by atoms with Gasteiger partial charge in [0.1, 0.15) is 6.54 Å². The highest BCUT2D eigenvalue weighted by Gasteiger charge is 2.25. The van der Waals surface area contributed by atoms with Crippen LogP contribution in [0.4, 0.5) is 0 Å². The number of piperazine rings is 1. The summed E-state index contributed by atoms with van der Waals surface area (Å²) in [5, 5.41) is 3.23. The van der Waals surface area contributed by atoms with Gasteiger partial charge in [-0.2, -0.15) is 0 Å². The number of hydrogen-bond acceptors (Lipinski definition) is 1. The Balaban J connectivity index is 1.41. The Bertz CT molecular complexity index is 927. The minimum Gasteiger partial charge on any atom is -0.328 e. The quantitative estimate of drug-likeness (QED) is 0.758. The molecular weight excluding hydrogens is 344 g/mol. The highest BCUT2D eigenvalue weighted by molar-refractivity contribution is 6.30. The molecule has 0 unspecified atom stereocenters. The Morgan fingerprint density at radius 2 is 1.69 bits per heavy atom. The largest absolute Gasteiger partial charge is 0.328 e. The van der Waals surface area contributed by atoms with E-state index in [1.807, 2.05) is 17.0 Å². The van der Waals surface area contributed by atoms with Gasteiger partial charge in [-0.15, -0.1) is 0 Å². The van der Waals surface area contributed by atoms with Crippen molar-refractivity contribution in [2.75, 3.05) is 26.2 Å². The van der Waals surface area contributed by atoms with Gasteiger partial charge in [0.15, 0.2) is 0 Å². The zero-order chi connectivity index (χ0) is 17.9. The average Bonchev–Trinajstić information content (AvgIpc) is 2.68. The van der Waals surface area contributed by atoms with Crippen molar-refractivity contribution in [3.8, 4) is 0 Å². The van der Waals surface area contributed by atoms with Crippen LogP contribution in [0.3, 0.4) is 0 Å². The van der Waals surface area contributed by atoms with E-state index in [0.29, 0.717) is 10.6 Å². The minimum absolute atomic E-state index is 0.0803. The zero-order valence-corrected chi connectivity index (χ0v) is 15.4. The topological polar surface area (TPSA) is 24.8 Å². The molecular formula is C22H22ClN2O+. The van der Waals surface area contributed by atoms with Crippen molar-refractivity contribution in [1.82, 2.24) is 4.90 Å². The maximum Gasteiger partial charge on any atom is 0.254 e. The fraction of sp³-hybridized carbons (Fsp3) is 0.227. The number of quaternary nitrogens is 1. The third-order valence-corrected chi connectivity index (χ3v) is 5.38. The summed E-state index contributed by atoms with van der Waals surface area (Å²) >= 11 is 6.01. The van der Waals surface area contributed by atoms with E-state index in [-0.39, 0.29) is 5.91 Å². The third-order valence-electron chi connectivity index (χ3n) is 5.15. The van der Waals surface area contributed by atoms with E-state index in [1.165, 1.54) is 21.2 Å². The number of carbonyl (C=O) groups excluding carboxylic acids is 1. The molecule has 1 heterocycles. The monoisotopic (exact) mass is 365 g/mol. The highest BCUT2D eigenvalue weighted by Crippen LogP contribution is 2.18. The summed E-state index contributed by atoms with van der Waals surface area (Å²) in [6.07, 6.45) is 0. The molecule has 1 amide bonds. The van der Waals surface area contributed by atoms with E-state index in [2.05, 4.69) is 42.5 Å². The smallest absolute Gasteiger partial charge is 0.254 e. The summed E-state index contributed by atoms with van der Waals surface area (Å²) in [5.41, 5.74) is 2.06. The van der Waals surface area contributed by atoms with Gasteiger partial charge in [-0.3, -0.25) is 4.79 Å². The Labute approximate surface area is 158 Å². The molecule has 0 aromatic heterocycles. The first-order valence-corrected chi connectivity index (χ1v) is 9.43. The molecule has 0 spiro atoms. The minimum atomic E-state index is 0.0803. The number of amides is 1. The Morgan fingerprint density at radius 3 is 2.50 bits per heavy atom. The number of nitrogens with one attached hydrogen (secondary N) is 1. The number of carbonyl (C=O) groups is 1. The van der Waals surface area contributed by atoms with Crippen LogP contribution < -0.4 is 4.90 Å². The van der Waals surface area contributed by atoms with Crippen LogP contribution in [0, 0.1) is 0 Å². The van der Waals surface area contributed by atoms with Crippen LogP contribution in [-0.2, 0) is 6.54 Å². The summed E-state index contributed by atoms with van der Waals surface area (Å²) < 4.78 is 0. The van der Waals surface area contributed by atoms with Crippen LogP contribution in [0.15, 0.2) is 66.7 Å². The Kier molecular flexibility index (Phi) is 4.91. The second kappa shape index (κ2) is 7.48. The molecule has 26 heavy (non-hydrogen) atoms. The lowest BCUT2D eigenvalue weighted by Gasteiger charge is -2.32. The van der Waals surface area contributed by atoms with Crippen molar-refractivity contribution in [2.24, 2.45) is 0 Å². The van der Waals surface area contributed by atoms with Crippen molar-refractivity contribution in [2.45, 2.75) is 6.54 Å². The summed E-state index contributed by atoms with van der Waals surface area (Å²) in [7, 11) is 0. The number of hydrogen-bond donors (Lipinski definition) is 1. The van der Waals surface area contributed by atoms with Crippen LogP contribution in [0.5, 0.6) is 0 Å². The molecule has 3 nitrogen and oxygen atoms in total. The molecule has 1 aliphatic heterocycles. The molecule has 1 fully saturated rings. The lowest BCUT2D eigenvalue weighted by molar-refractivity contribution is -0.917. The molecule has 3 aromatic carbocycles. The van der Waals surface area contributed by atoms with Crippen LogP contribution in [-0.4, -0.2) is 37.0 Å². The lowest BCUT2D eigenvalue weighted by atomic mass is 10.0. The SMILES string of the molecule is O=C(c1cccc(Cl)c1)N1CC[NH+](Cc2cccc3ccccc23)CC1. The van der Waals surface area contributed by atoms with Gasteiger partial charge >= 0.3 is 0 Å². The molecule has 1 aliphatic rings. The van der Waals surface area contributed by atoms with Gasteiger partial charge in [-0.25, -0.2) is 0 Å². The van der Waals surface area contributed by atoms with E-state index in [0.717, 1.165) is 32.7 Å². The van der Waals surface area contributed by atoms with E-state index >= 15 is 0 Å². The van der Waals surface area contributed by atoms with Gasteiger partial charge in [0.2, 0.25) is 0 Å². The molecule has 0 saturated carbocycles. The summed E-state index contributed by atoms with van der Waals surface area (Å²) in [6.45, 7) is 4.50. The van der Waals surface area contributed by atoms with Crippen molar-refractivity contribution < 1.29 is 9.69 Å². The number of benzene rings is 3. The second-order valence-electron chi connectivity index (χ2n) is 6.87. The molecule has 4 heteroatoms. The molecule has 0 bridgehead atoms. The van der Waals surface area contributed by atoms with E-state index < -0.39 is 0 Å². The van der Waals surface area contributed by atoms with Crippen molar-refractivity contribution >= 4 is 28.3 Å². The molecule has 132 valence electrons. The molecule has 0 aliphatic carbocycles. The third kappa shape index (κ3) is 3.59. The van der Waals surface area contributed by atoms with Gasteiger partial charge in [0, 0.05) is 16.1 Å². The van der Waals surface area contributed by atoms with E-state index in [9.17, 15) is 4.79 Å². The van der Waals surface area contributed by atoms with E-state index in [4.69, 9.17) is 11.6 Å². The van der Waals surface area contributed by atoms with Gasteiger partial charge < -0.3 is 9.80 Å². The maximum absolute atomic E-state index is 12.6. The van der Waals surface area contributed by atoms with Crippen LogP contribution >= 0.6 is 11.6 Å². The number of rotatable bonds is 3. The van der Waals surface area contributed by atoms with Crippen LogP contribution in [0.1, 0.15) is 15.9 Å². The summed E-state index contributed by atoms with van der Waals surface area (Å²) in [5.74, 6) is 0.0803. The molecule has 0 atom stereocenters. The fourth-order valence-electron chi connectivity index (χ4n) is 3.72. The van der Waals surface area contributed by atoms with E-state index in [1.54, 1.807) is 12.1 Å². The molecule has 0 radical (unpaired) electrons. The van der Waals surface area contributed by atoms with Crippen LogP contribution in [0.25, 0.3) is 10.8 Å². The first-order chi connectivity index (χ1) is 12.7. The number of fused-ring (bicyclic) bond motifs is 1. The van der Waals surface area contributed by atoms with Gasteiger partial charge in [0.05, 0.1) is 26.2 Å². The van der Waals surface area contributed by atoms with Gasteiger partial charge in [-0.1, -0.05) is 60.1 Å². The molecule has 1 saturated heterocycles. The number of nitrogens with zero attached hydrogens (tertiary/aromatic N) is 1. The predicted octanol–water partition coefficient (Wildman–Crippen LogP) is 3.03. The van der Waals surface area contributed by atoms with Crippen molar-refractivity contribution in [3.05, 3.63) is 82.9 Å². The van der Waals surface area contributed by atoms with Crippen LogP contribution in [0.2, 0.25) is 5.02 Å². The Morgan fingerprint density at radius 1 is 0.962 bits per heavy atom. The molecule has 3 aromatic rings. The molecule has 1 N–H and O–H groups in total. The standard InChI is InChI=1S/C22H21ClN2O/c23-20-9-4-7-18(15-20)22(26)25-13-11-24(12-14-25)16-19-8-3-6-17-5-1-2-10-21(17)19/h1-10,15H,11-14,16H2/p+1. The molecule has 4 rings (SSSR count). The Hall–Kier alpha value is -2.36. The second-order valence-corrected chi connectivity index (χ2v) is 7.30. The van der Waals surface area contributed by atoms with Gasteiger partial charge in [0.25, 0.3) is 5.91 Å². The van der Waals surface area contributed by atoms with Crippen molar-refractivity contribution in [1.29, 1.82) is 0 Å². The first-order valence-electron chi connectivity index (χ1n) is 9.06. The highest BCUT2D eigenvalue weighted by atomic mass is 35.5. The summed E-state index contributed by atoms with van der Waals surface area (Å²) in [4.78, 5) is 16.1. The zero-order valence-electron chi connectivity index (χ0n) is 14.6. The van der Waals surface area contributed by atoms with Crippen molar-refractivity contribution in [3.63, 3.8) is 0 Å². The normalized spacial score (nSPS) is 15.3. The number of halogens is 1. The first kappa shape index (κ1) is 17.1. The average molecular weight is 366 g/mol. The summed E-state index contributed by atoms with van der Waals surface area (Å²) in [6, 6.07) is 22.3. The lowest BCUT2D eigenvalue weighted by Crippen LogP contribution is -3.13. The predicted molar refractivity (Wildman–Crippen MR) is 106 cm³/mol. The fourth-order valence-corrected chi connectivity index (χ4v) is 3.91. The maximum atomic E-state index is 12.6. The van der Waals surface area contributed by atoms with Gasteiger partial charge in [-0.05, 0) is 29.0 Å².